The van der Waals surface area contributed by atoms with Crippen molar-refractivity contribution in [1.29, 1.82) is 0 Å². The lowest BCUT2D eigenvalue weighted by Gasteiger charge is -2.27. The summed E-state index contributed by atoms with van der Waals surface area (Å²) < 4.78 is 17.9. The van der Waals surface area contributed by atoms with Crippen LogP contribution in [-0.4, -0.2) is 75.1 Å². The average molecular weight is 395 g/mol. The van der Waals surface area contributed by atoms with Crippen LogP contribution in [0.3, 0.4) is 0 Å². The molecule has 2 aromatic rings. The number of imidazole rings is 1. The van der Waals surface area contributed by atoms with Gasteiger partial charge in [0.15, 0.2) is 23.8 Å². The molecule has 2 radical (unpaired) electrons. The number of hydrogen-bond acceptors (Lipinski definition) is 10. The lowest BCUT2D eigenvalue weighted by Crippen LogP contribution is -2.40. The number of fused-ring (bicyclic) bond motifs is 2. The number of anilines is 2. The van der Waals surface area contributed by atoms with Gasteiger partial charge in [-0.25, -0.2) is 9.88 Å². The van der Waals surface area contributed by atoms with E-state index in [1.165, 1.54) is 6.33 Å². The first-order valence-corrected chi connectivity index (χ1v) is 10.3. The molecule has 13 heteroatoms. The SMILES string of the molecule is [B][P+]1(O)OC[C@H]2O[C@@H](n3cnc4c(N)nc(N(CC)CC)nc43)C(O)[C@H]2O1. The van der Waals surface area contributed by atoms with Crippen molar-refractivity contribution in [2.45, 2.75) is 38.4 Å². The number of ether oxygens (including phenoxy) is 1. The Labute approximate surface area is 157 Å². The molecule has 2 fully saturated rings. The van der Waals surface area contributed by atoms with E-state index in [4.69, 9.17) is 27.1 Å². The van der Waals surface area contributed by atoms with E-state index in [-0.39, 0.29) is 12.4 Å². The maximum Gasteiger partial charge on any atom is 0.488 e. The van der Waals surface area contributed by atoms with Crippen molar-refractivity contribution in [3.05, 3.63) is 6.33 Å². The molecule has 2 aliphatic rings. The molecule has 2 aliphatic heterocycles. The zero-order chi connectivity index (χ0) is 19.3. The third-order valence-corrected chi connectivity index (χ3v) is 5.83. The van der Waals surface area contributed by atoms with Crippen molar-refractivity contribution < 1.29 is 23.8 Å². The maximum atomic E-state index is 10.7. The smallest absolute Gasteiger partial charge is 0.385 e. The highest BCUT2D eigenvalue weighted by atomic mass is 31.2. The van der Waals surface area contributed by atoms with Gasteiger partial charge in [-0.05, 0) is 13.8 Å². The Bertz CT molecular complexity index is 849. The summed E-state index contributed by atoms with van der Waals surface area (Å²) in [4.78, 5) is 24.9. The predicted octanol–water partition coefficient (Wildman–Crippen LogP) is -0.233. The molecule has 2 aromatic heterocycles. The van der Waals surface area contributed by atoms with Crippen molar-refractivity contribution in [3.8, 4) is 0 Å². The first-order valence-electron chi connectivity index (χ1n) is 8.66. The van der Waals surface area contributed by atoms with E-state index in [9.17, 15) is 10.00 Å². The van der Waals surface area contributed by atoms with Crippen LogP contribution in [0.25, 0.3) is 11.2 Å². The number of nitrogens with zero attached hydrogens (tertiary/aromatic N) is 5. The molecular weight excluding hydrogens is 374 g/mol. The van der Waals surface area contributed by atoms with E-state index in [0.29, 0.717) is 30.2 Å². The summed E-state index contributed by atoms with van der Waals surface area (Å²) in [6, 6.07) is 0. The molecule has 0 aromatic carbocycles. The lowest BCUT2D eigenvalue weighted by atomic mass is 10.1. The molecule has 0 amide bonds. The fourth-order valence-corrected chi connectivity index (χ4v) is 4.39. The van der Waals surface area contributed by atoms with Crippen LogP contribution in [0, 0.1) is 0 Å². The zero-order valence-corrected chi connectivity index (χ0v) is 15.9. The number of nitrogen functional groups attached to an aromatic ring is 1. The minimum atomic E-state index is -3.45. The second-order valence-corrected chi connectivity index (χ2v) is 7.99. The molecular formula is C14H21BN6O5P+. The Balaban J connectivity index is 1.72. The first kappa shape index (κ1) is 18.8. The number of rotatable bonds is 4. The number of nitrogens with two attached hydrogens (primary N) is 1. The van der Waals surface area contributed by atoms with Crippen molar-refractivity contribution in [1.82, 2.24) is 19.5 Å². The number of hydrogen-bond donors (Lipinski definition) is 3. The van der Waals surface area contributed by atoms with Gasteiger partial charge in [-0.15, -0.1) is 0 Å². The van der Waals surface area contributed by atoms with Crippen LogP contribution in [0.15, 0.2) is 6.33 Å². The van der Waals surface area contributed by atoms with Crippen LogP contribution in [-0.2, 0) is 13.8 Å². The molecule has 4 heterocycles. The van der Waals surface area contributed by atoms with Gasteiger partial charge in [-0.2, -0.15) is 19.0 Å². The fraction of sp³-hybridized carbons (Fsp3) is 0.643. The summed E-state index contributed by atoms with van der Waals surface area (Å²) in [5, 5.41) is 10.7. The number of aromatic nitrogens is 4. The van der Waals surface area contributed by atoms with E-state index in [2.05, 4.69) is 15.0 Å². The molecule has 2 saturated heterocycles. The summed E-state index contributed by atoms with van der Waals surface area (Å²) in [5.74, 6) is 0.714. The normalized spacial score (nSPS) is 33.3. The van der Waals surface area contributed by atoms with E-state index < -0.39 is 32.4 Å². The first-order chi connectivity index (χ1) is 12.8. The van der Waals surface area contributed by atoms with Crippen molar-refractivity contribution in [3.63, 3.8) is 0 Å². The average Bonchev–Trinajstić information content (AvgIpc) is 3.17. The minimum absolute atomic E-state index is 0.0213. The van der Waals surface area contributed by atoms with Gasteiger partial charge in [0.05, 0.1) is 6.33 Å². The lowest BCUT2D eigenvalue weighted by molar-refractivity contribution is -0.0603. The van der Waals surface area contributed by atoms with Crippen LogP contribution in [0.2, 0.25) is 0 Å². The second-order valence-electron chi connectivity index (χ2n) is 6.39. The van der Waals surface area contributed by atoms with Gasteiger partial charge in [-0.1, -0.05) is 0 Å². The maximum absolute atomic E-state index is 10.7. The summed E-state index contributed by atoms with van der Waals surface area (Å²) >= 11 is 0. The molecule has 2 unspecified atom stereocenters. The summed E-state index contributed by atoms with van der Waals surface area (Å²) in [5.41, 5.74) is 6.91. The summed E-state index contributed by atoms with van der Waals surface area (Å²) in [6.07, 6.45) is -1.85. The van der Waals surface area contributed by atoms with Gasteiger partial charge in [0, 0.05) is 13.1 Å². The van der Waals surface area contributed by atoms with E-state index in [1.807, 2.05) is 18.7 Å². The third kappa shape index (κ3) is 3.16. The monoisotopic (exact) mass is 395 g/mol. The summed E-state index contributed by atoms with van der Waals surface area (Å²) in [7, 11) is 2.10. The Morgan fingerprint density at radius 2 is 2.15 bits per heavy atom. The quantitative estimate of drug-likeness (QED) is 0.469. The molecule has 4 N–H and O–H groups in total. The van der Waals surface area contributed by atoms with Gasteiger partial charge >= 0.3 is 15.4 Å². The van der Waals surface area contributed by atoms with Crippen molar-refractivity contribution >= 4 is 38.3 Å². The van der Waals surface area contributed by atoms with Crippen LogP contribution in [0.5, 0.6) is 0 Å². The molecule has 4 rings (SSSR count). The fourth-order valence-electron chi connectivity index (χ4n) is 3.36. The van der Waals surface area contributed by atoms with Crippen LogP contribution >= 0.6 is 7.82 Å². The molecule has 27 heavy (non-hydrogen) atoms. The predicted molar refractivity (Wildman–Crippen MR) is 98.9 cm³/mol. The van der Waals surface area contributed by atoms with Crippen LogP contribution in [0.4, 0.5) is 11.8 Å². The molecule has 0 spiro atoms. The van der Waals surface area contributed by atoms with Gasteiger partial charge in [0.2, 0.25) is 5.95 Å². The Kier molecular flexibility index (Phi) is 4.73. The van der Waals surface area contributed by atoms with Gasteiger partial charge in [-0.3, -0.25) is 4.57 Å². The van der Waals surface area contributed by atoms with Gasteiger partial charge < -0.3 is 20.5 Å². The number of aliphatic hydroxyl groups is 1. The Morgan fingerprint density at radius 3 is 2.85 bits per heavy atom. The highest BCUT2D eigenvalue weighted by Crippen LogP contribution is 2.58. The topological polar surface area (TPSA) is 141 Å². The molecule has 0 bridgehead atoms. The van der Waals surface area contributed by atoms with Gasteiger partial charge in [0.25, 0.3) is 0 Å². The van der Waals surface area contributed by atoms with Gasteiger partial charge in [0.1, 0.15) is 24.3 Å². The third-order valence-electron chi connectivity index (χ3n) is 4.76. The summed E-state index contributed by atoms with van der Waals surface area (Å²) in [6.45, 7) is 5.44. The molecule has 144 valence electrons. The second kappa shape index (κ2) is 6.80. The van der Waals surface area contributed by atoms with E-state index in [0.717, 1.165) is 0 Å². The standard InChI is InChI=1S/C14H21BN6O5P/c1-3-20(4-2)14-18-11(16)8-12(19-14)21(6-17-8)13-9(22)10-7(25-13)5-24-27(15,23)26-10/h6-7,9-10,13,22-23H,3-5H2,1-2H3,(H2,16,18,19)/q+1/t7-,9?,10+,13-,27?/m1/s1. The molecule has 5 atom stereocenters. The Morgan fingerprint density at radius 1 is 1.41 bits per heavy atom. The molecule has 11 nitrogen and oxygen atoms in total. The highest BCUT2D eigenvalue weighted by Gasteiger charge is 2.57. The number of aliphatic hydroxyl groups excluding tert-OH is 1. The highest BCUT2D eigenvalue weighted by molar-refractivity contribution is 7.85. The van der Waals surface area contributed by atoms with Crippen molar-refractivity contribution in [2.24, 2.45) is 0 Å². The minimum Gasteiger partial charge on any atom is -0.385 e. The van der Waals surface area contributed by atoms with Crippen LogP contribution < -0.4 is 10.6 Å². The molecule has 0 saturated carbocycles. The Hall–Kier alpha value is -1.56. The van der Waals surface area contributed by atoms with E-state index in [1.54, 1.807) is 4.57 Å². The van der Waals surface area contributed by atoms with Crippen LogP contribution in [0.1, 0.15) is 20.1 Å². The zero-order valence-electron chi connectivity index (χ0n) is 15.0. The largest absolute Gasteiger partial charge is 0.488 e. The van der Waals surface area contributed by atoms with E-state index >= 15 is 0 Å². The molecule has 0 aliphatic carbocycles. The van der Waals surface area contributed by atoms with Crippen molar-refractivity contribution in [2.75, 3.05) is 30.3 Å².